The number of amides is 1. The van der Waals surface area contributed by atoms with E-state index < -0.39 is 0 Å². The highest BCUT2D eigenvalue weighted by Gasteiger charge is 2.34. The second kappa shape index (κ2) is 9.24. The lowest BCUT2D eigenvalue weighted by Gasteiger charge is -2.42. The summed E-state index contributed by atoms with van der Waals surface area (Å²) in [7, 11) is 7.22. The molecule has 0 aliphatic heterocycles. The number of ether oxygens (including phenoxy) is 1. The number of allylic oxidation sites excluding steroid dienone is 2. The van der Waals surface area contributed by atoms with Crippen LogP contribution in [-0.4, -0.2) is 55.1 Å². The van der Waals surface area contributed by atoms with Gasteiger partial charge in [-0.1, -0.05) is 50.0 Å². The van der Waals surface area contributed by atoms with Crippen molar-refractivity contribution in [2.45, 2.75) is 26.9 Å². The molecule has 0 radical (unpaired) electrons. The van der Waals surface area contributed by atoms with Crippen LogP contribution in [0.5, 0.6) is 0 Å². The van der Waals surface area contributed by atoms with Gasteiger partial charge in [-0.15, -0.1) is 0 Å². The lowest BCUT2D eigenvalue weighted by Crippen LogP contribution is -2.53. The molecule has 1 amide bonds. The zero-order valence-electron chi connectivity index (χ0n) is 18.0. The fourth-order valence-electron chi connectivity index (χ4n) is 3.69. The summed E-state index contributed by atoms with van der Waals surface area (Å²) in [5, 5.41) is 1.98. The van der Waals surface area contributed by atoms with Crippen molar-refractivity contribution in [1.82, 2.24) is 14.8 Å². The fraction of sp³-hybridized carbons (Fsp3) is 0.409. The van der Waals surface area contributed by atoms with E-state index in [2.05, 4.69) is 25.8 Å². The number of halogens is 2. The van der Waals surface area contributed by atoms with E-state index >= 15 is 0 Å². The summed E-state index contributed by atoms with van der Waals surface area (Å²) in [6, 6.07) is 5.57. The molecule has 0 aliphatic carbocycles. The van der Waals surface area contributed by atoms with Crippen LogP contribution in [0.15, 0.2) is 36.1 Å². The average Bonchev–Trinajstić information content (AvgIpc) is 2.98. The molecule has 1 unspecified atom stereocenters. The number of aromatic amines is 1. The SMILES string of the molecule is COC(=CC=Cc1cc2cc(Cl)c(Cl)cc2[nH]1)C(=O)N(C)C(N(C)C)C(C)(C)C. The predicted octanol–water partition coefficient (Wildman–Crippen LogP) is 5.41. The summed E-state index contributed by atoms with van der Waals surface area (Å²) in [5.41, 5.74) is 1.65. The van der Waals surface area contributed by atoms with Crippen molar-refractivity contribution >= 4 is 46.1 Å². The first-order chi connectivity index (χ1) is 13.5. The Labute approximate surface area is 182 Å². The van der Waals surface area contributed by atoms with E-state index in [1.807, 2.05) is 37.2 Å². The minimum Gasteiger partial charge on any atom is -0.491 e. The summed E-state index contributed by atoms with van der Waals surface area (Å²) in [6.45, 7) is 6.31. The van der Waals surface area contributed by atoms with Crippen molar-refractivity contribution in [3.8, 4) is 0 Å². The monoisotopic (exact) mass is 437 g/mol. The van der Waals surface area contributed by atoms with E-state index in [0.29, 0.717) is 10.0 Å². The molecule has 1 atom stereocenters. The summed E-state index contributed by atoms with van der Waals surface area (Å²) >= 11 is 12.1. The maximum absolute atomic E-state index is 13.0. The molecule has 1 heterocycles. The lowest BCUT2D eigenvalue weighted by atomic mass is 9.90. The van der Waals surface area contributed by atoms with Crippen LogP contribution < -0.4 is 0 Å². The van der Waals surface area contributed by atoms with Crippen LogP contribution in [0.2, 0.25) is 10.0 Å². The summed E-state index contributed by atoms with van der Waals surface area (Å²) < 4.78 is 5.36. The molecule has 1 aromatic heterocycles. The molecule has 29 heavy (non-hydrogen) atoms. The number of H-pyrrole nitrogens is 1. The molecule has 0 bridgehead atoms. The van der Waals surface area contributed by atoms with Gasteiger partial charge in [0.25, 0.3) is 5.91 Å². The highest BCUT2D eigenvalue weighted by Crippen LogP contribution is 2.29. The van der Waals surface area contributed by atoms with Crippen molar-refractivity contribution in [2.24, 2.45) is 5.41 Å². The van der Waals surface area contributed by atoms with E-state index in [1.165, 1.54) is 7.11 Å². The molecule has 7 heteroatoms. The van der Waals surface area contributed by atoms with E-state index in [9.17, 15) is 4.79 Å². The van der Waals surface area contributed by atoms with Crippen LogP contribution in [0.25, 0.3) is 17.0 Å². The number of likely N-dealkylation sites (N-methyl/N-ethyl adjacent to an activating group) is 1. The van der Waals surface area contributed by atoms with Crippen LogP contribution in [0.1, 0.15) is 26.5 Å². The highest BCUT2D eigenvalue weighted by atomic mass is 35.5. The third-order valence-electron chi connectivity index (χ3n) is 4.59. The van der Waals surface area contributed by atoms with Gasteiger partial charge in [0.05, 0.1) is 23.3 Å². The van der Waals surface area contributed by atoms with Crippen LogP contribution in [0.4, 0.5) is 0 Å². The third kappa shape index (κ3) is 5.56. The Kier molecular flexibility index (Phi) is 7.44. The number of methoxy groups -OCH3 is 1. The van der Waals surface area contributed by atoms with Gasteiger partial charge >= 0.3 is 0 Å². The predicted molar refractivity (Wildman–Crippen MR) is 122 cm³/mol. The van der Waals surface area contributed by atoms with Crippen molar-refractivity contribution < 1.29 is 9.53 Å². The van der Waals surface area contributed by atoms with Crippen molar-refractivity contribution in [3.63, 3.8) is 0 Å². The Bertz CT molecular complexity index is 900. The van der Waals surface area contributed by atoms with Crippen molar-refractivity contribution in [3.05, 3.63) is 51.8 Å². The van der Waals surface area contributed by atoms with Crippen LogP contribution >= 0.6 is 23.2 Å². The number of rotatable bonds is 6. The zero-order valence-corrected chi connectivity index (χ0v) is 19.5. The quantitative estimate of drug-likeness (QED) is 0.284. The topological polar surface area (TPSA) is 48.6 Å². The molecule has 0 aliphatic rings. The van der Waals surface area contributed by atoms with Crippen LogP contribution in [-0.2, 0) is 9.53 Å². The van der Waals surface area contributed by atoms with Gasteiger partial charge in [0.1, 0.15) is 0 Å². The van der Waals surface area contributed by atoms with Gasteiger partial charge < -0.3 is 14.6 Å². The van der Waals surface area contributed by atoms with Crippen molar-refractivity contribution in [1.29, 1.82) is 0 Å². The third-order valence-corrected chi connectivity index (χ3v) is 5.31. The Morgan fingerprint density at radius 1 is 1.14 bits per heavy atom. The van der Waals surface area contributed by atoms with Gasteiger partial charge in [-0.3, -0.25) is 9.69 Å². The normalized spacial score (nSPS) is 14.1. The minimum atomic E-state index is -0.180. The van der Waals surface area contributed by atoms with E-state index in [4.69, 9.17) is 27.9 Å². The van der Waals surface area contributed by atoms with E-state index in [1.54, 1.807) is 30.2 Å². The number of hydrogen-bond acceptors (Lipinski definition) is 3. The van der Waals surface area contributed by atoms with Gasteiger partial charge in [0.15, 0.2) is 5.76 Å². The Hall–Kier alpha value is -1.95. The van der Waals surface area contributed by atoms with Crippen molar-refractivity contribution in [2.75, 3.05) is 28.3 Å². The number of hydrogen-bond donors (Lipinski definition) is 1. The van der Waals surface area contributed by atoms with E-state index in [-0.39, 0.29) is 23.2 Å². The maximum atomic E-state index is 13.0. The molecule has 0 saturated carbocycles. The van der Waals surface area contributed by atoms with Crippen LogP contribution in [0.3, 0.4) is 0 Å². The molecule has 158 valence electrons. The lowest BCUT2D eigenvalue weighted by molar-refractivity contribution is -0.138. The smallest absolute Gasteiger partial charge is 0.289 e. The molecule has 1 N–H and O–H groups in total. The first kappa shape index (κ1) is 23.3. The Balaban J connectivity index is 2.23. The largest absolute Gasteiger partial charge is 0.491 e. The first-order valence-electron chi connectivity index (χ1n) is 9.29. The second-order valence-corrected chi connectivity index (χ2v) is 9.11. The number of carbonyl (C=O) groups is 1. The van der Waals surface area contributed by atoms with Gasteiger partial charge in [-0.25, -0.2) is 0 Å². The molecular formula is C22H29Cl2N3O2. The maximum Gasteiger partial charge on any atom is 0.289 e. The number of nitrogens with zero attached hydrogens (tertiary/aromatic N) is 2. The molecule has 5 nitrogen and oxygen atoms in total. The fourth-order valence-corrected chi connectivity index (χ4v) is 4.03. The molecule has 0 spiro atoms. The van der Waals surface area contributed by atoms with Gasteiger partial charge in [-0.2, -0.15) is 0 Å². The van der Waals surface area contributed by atoms with Crippen LogP contribution in [0, 0.1) is 5.41 Å². The molecular weight excluding hydrogens is 409 g/mol. The molecule has 1 aromatic carbocycles. The summed E-state index contributed by atoms with van der Waals surface area (Å²) in [4.78, 5) is 20.0. The molecule has 2 aromatic rings. The van der Waals surface area contributed by atoms with Gasteiger partial charge in [0, 0.05) is 23.6 Å². The number of nitrogens with one attached hydrogen (secondary N) is 1. The first-order valence-corrected chi connectivity index (χ1v) is 10.0. The van der Waals surface area contributed by atoms with Gasteiger partial charge in [0.2, 0.25) is 0 Å². The average molecular weight is 438 g/mol. The molecule has 0 fully saturated rings. The Morgan fingerprint density at radius 3 is 2.31 bits per heavy atom. The zero-order chi connectivity index (χ0) is 21.9. The number of aromatic nitrogens is 1. The second-order valence-electron chi connectivity index (χ2n) is 8.29. The molecule has 2 rings (SSSR count). The van der Waals surface area contributed by atoms with Gasteiger partial charge in [-0.05, 0) is 49.9 Å². The minimum absolute atomic E-state index is 0.0827. The number of fused-ring (bicyclic) bond motifs is 1. The molecule has 0 saturated heterocycles. The summed E-state index contributed by atoms with van der Waals surface area (Å²) in [5.74, 6) is 0.0861. The number of benzene rings is 1. The summed E-state index contributed by atoms with van der Waals surface area (Å²) in [6.07, 6.45) is 5.22. The number of carbonyl (C=O) groups excluding carboxylic acids is 1. The highest BCUT2D eigenvalue weighted by molar-refractivity contribution is 6.42. The van der Waals surface area contributed by atoms with E-state index in [0.717, 1.165) is 16.6 Å². The standard InChI is InChI=1S/C22H29Cl2N3O2/c1-22(2,3)21(26(4)5)27(6)20(28)19(29-7)10-8-9-15-11-14-12-16(23)17(24)13-18(14)25-15/h8-13,21,25H,1-7H3. The Morgan fingerprint density at radius 2 is 1.76 bits per heavy atom.